The monoisotopic (exact) mass is 662 g/mol. The van der Waals surface area contributed by atoms with Gasteiger partial charge in [0, 0.05) is 27.6 Å². The van der Waals surface area contributed by atoms with Gasteiger partial charge in [0.15, 0.2) is 0 Å². The summed E-state index contributed by atoms with van der Waals surface area (Å²) in [5.41, 5.74) is 13.1. The molecule has 2 aromatic heterocycles. The molecule has 0 aliphatic carbocycles. The lowest BCUT2D eigenvalue weighted by Crippen LogP contribution is -1.95. The van der Waals surface area contributed by atoms with Gasteiger partial charge in [0.05, 0.1) is 0 Å². The molecule has 0 bridgehead atoms. The smallest absolute Gasteiger partial charge is 0.139 e. The summed E-state index contributed by atoms with van der Waals surface area (Å²) in [6.45, 7) is 0. The quantitative estimate of drug-likeness (QED) is 0.175. The fourth-order valence-corrected chi connectivity index (χ4v) is 8.40. The zero-order chi connectivity index (χ0) is 34.2. The number of rotatable bonds is 4. The number of benzene rings is 9. The lowest BCUT2D eigenvalue weighted by molar-refractivity contribution is 0.656. The summed E-state index contributed by atoms with van der Waals surface area (Å²) in [5, 5.41) is 9.26. The Labute approximate surface area is 299 Å². The molecule has 0 spiro atoms. The summed E-state index contributed by atoms with van der Waals surface area (Å²) in [5.74, 6) is 0. The Morgan fingerprint density at radius 2 is 0.692 bits per heavy atom. The first-order valence-electron chi connectivity index (χ1n) is 17.8. The minimum atomic E-state index is 0.828. The molecule has 0 fully saturated rings. The molecule has 0 atom stereocenters. The van der Waals surface area contributed by atoms with Crippen LogP contribution in [0.3, 0.4) is 0 Å². The van der Waals surface area contributed by atoms with Gasteiger partial charge in [0.2, 0.25) is 0 Å². The maximum Gasteiger partial charge on any atom is 0.139 e. The third-order valence-electron chi connectivity index (χ3n) is 10.7. The highest BCUT2D eigenvalue weighted by Gasteiger charge is 2.22. The fourth-order valence-electron chi connectivity index (χ4n) is 8.40. The molecule has 2 heteroatoms. The highest BCUT2D eigenvalue weighted by Crippen LogP contribution is 2.49. The van der Waals surface area contributed by atoms with Gasteiger partial charge in [0.1, 0.15) is 22.3 Å². The van der Waals surface area contributed by atoms with Crippen LogP contribution in [0.15, 0.2) is 191 Å². The molecule has 242 valence electrons. The molecule has 0 saturated heterocycles. The van der Waals surface area contributed by atoms with Gasteiger partial charge in [0.25, 0.3) is 0 Å². The van der Waals surface area contributed by atoms with Crippen LogP contribution < -0.4 is 0 Å². The van der Waals surface area contributed by atoms with E-state index in [0.29, 0.717) is 0 Å². The van der Waals surface area contributed by atoms with Crippen molar-refractivity contribution in [3.8, 4) is 44.5 Å². The van der Waals surface area contributed by atoms with Crippen molar-refractivity contribution in [2.75, 3.05) is 0 Å². The molecule has 2 heterocycles. The van der Waals surface area contributed by atoms with E-state index in [1.165, 1.54) is 60.5 Å². The van der Waals surface area contributed by atoms with Gasteiger partial charge in [-0.25, -0.2) is 0 Å². The van der Waals surface area contributed by atoms with E-state index >= 15 is 0 Å². The highest BCUT2D eigenvalue weighted by atomic mass is 16.3. The predicted octanol–water partition coefficient (Wildman–Crippen LogP) is 14.5. The molecule has 11 rings (SSSR count). The lowest BCUT2D eigenvalue weighted by Gasteiger charge is -2.22. The Bertz CT molecular complexity index is 3050. The van der Waals surface area contributed by atoms with E-state index in [1.54, 1.807) is 0 Å². The van der Waals surface area contributed by atoms with Crippen LogP contribution in [0.25, 0.3) is 110 Å². The van der Waals surface area contributed by atoms with Crippen molar-refractivity contribution in [3.05, 3.63) is 182 Å². The Kier molecular flexibility index (Phi) is 6.28. The van der Waals surface area contributed by atoms with Crippen LogP contribution in [0.4, 0.5) is 0 Å². The maximum atomic E-state index is 6.61. The van der Waals surface area contributed by atoms with Crippen molar-refractivity contribution in [2.45, 2.75) is 0 Å². The summed E-state index contributed by atoms with van der Waals surface area (Å²) in [4.78, 5) is 0. The first-order chi connectivity index (χ1) is 25.8. The van der Waals surface area contributed by atoms with Crippen LogP contribution in [0.2, 0.25) is 0 Å². The molecule has 0 N–H and O–H groups in total. The van der Waals surface area contributed by atoms with Crippen LogP contribution in [0.5, 0.6) is 0 Å². The van der Waals surface area contributed by atoms with Crippen molar-refractivity contribution in [2.24, 2.45) is 0 Å². The second-order valence-corrected chi connectivity index (χ2v) is 13.6. The van der Waals surface area contributed by atoms with Crippen LogP contribution in [0, 0.1) is 0 Å². The van der Waals surface area contributed by atoms with E-state index in [9.17, 15) is 0 Å². The number of hydrogen-bond donors (Lipinski definition) is 0. The molecule has 0 aliphatic heterocycles. The standard InChI is InChI=1S/C50H30O2/c1-3-14-31(15-4-1)34-23-13-24-35(32-16-5-2-6-17-32)49(34)50-40-21-9-7-19-38(40)48(39-20-8-10-22-41(39)50)33-26-27-37-43-29-42-36-18-11-12-25-44(36)51-46(42)30-47(43)52-45(37)28-33/h1-30H. The molecule has 0 aliphatic rings. The fraction of sp³-hybridized carbons (Fsp3) is 0. The van der Waals surface area contributed by atoms with Crippen molar-refractivity contribution in [1.29, 1.82) is 0 Å². The van der Waals surface area contributed by atoms with Gasteiger partial charge in [-0.1, -0.05) is 152 Å². The van der Waals surface area contributed by atoms with Crippen LogP contribution in [-0.2, 0) is 0 Å². The molecule has 11 aromatic rings. The van der Waals surface area contributed by atoms with Crippen molar-refractivity contribution >= 4 is 65.4 Å². The summed E-state index contributed by atoms with van der Waals surface area (Å²) >= 11 is 0. The SMILES string of the molecule is c1ccc(-c2cccc(-c3ccccc3)c2-c2c3ccccc3c(-c3ccc4c(c3)oc3cc5oc6ccccc6c5cc34)c3ccccc23)cc1. The third-order valence-corrected chi connectivity index (χ3v) is 10.7. The average molecular weight is 663 g/mol. The molecule has 0 amide bonds. The van der Waals surface area contributed by atoms with Gasteiger partial charge in [-0.2, -0.15) is 0 Å². The second-order valence-electron chi connectivity index (χ2n) is 13.6. The maximum absolute atomic E-state index is 6.61. The van der Waals surface area contributed by atoms with Gasteiger partial charge in [-0.3, -0.25) is 0 Å². The minimum Gasteiger partial charge on any atom is -0.456 e. The first kappa shape index (κ1) is 28.9. The Morgan fingerprint density at radius 1 is 0.231 bits per heavy atom. The number of furan rings is 2. The van der Waals surface area contributed by atoms with E-state index in [1.807, 2.05) is 18.2 Å². The van der Waals surface area contributed by atoms with E-state index in [2.05, 4.69) is 164 Å². The van der Waals surface area contributed by atoms with Gasteiger partial charge < -0.3 is 8.83 Å². The van der Waals surface area contributed by atoms with Crippen molar-refractivity contribution in [1.82, 2.24) is 0 Å². The summed E-state index contributed by atoms with van der Waals surface area (Å²) in [7, 11) is 0. The predicted molar refractivity (Wildman–Crippen MR) is 218 cm³/mol. The summed E-state index contributed by atoms with van der Waals surface area (Å²) in [6.07, 6.45) is 0. The number of fused-ring (bicyclic) bond motifs is 8. The van der Waals surface area contributed by atoms with E-state index < -0.39 is 0 Å². The Morgan fingerprint density at radius 3 is 1.29 bits per heavy atom. The largest absolute Gasteiger partial charge is 0.456 e. The van der Waals surface area contributed by atoms with Crippen molar-refractivity contribution in [3.63, 3.8) is 0 Å². The number of hydrogen-bond acceptors (Lipinski definition) is 2. The third kappa shape index (κ3) is 4.31. The van der Waals surface area contributed by atoms with E-state index in [0.717, 1.165) is 49.4 Å². The number of para-hydroxylation sites is 1. The molecule has 0 unspecified atom stereocenters. The van der Waals surface area contributed by atoms with E-state index in [4.69, 9.17) is 8.83 Å². The molecule has 9 aromatic carbocycles. The summed E-state index contributed by atoms with van der Waals surface area (Å²) in [6, 6.07) is 65.2. The Hall–Kier alpha value is -6.90. The first-order valence-corrected chi connectivity index (χ1v) is 17.8. The van der Waals surface area contributed by atoms with Gasteiger partial charge >= 0.3 is 0 Å². The topological polar surface area (TPSA) is 26.3 Å². The highest BCUT2D eigenvalue weighted by molar-refractivity contribution is 6.24. The van der Waals surface area contributed by atoms with E-state index in [-0.39, 0.29) is 0 Å². The van der Waals surface area contributed by atoms with Crippen LogP contribution in [-0.4, -0.2) is 0 Å². The minimum absolute atomic E-state index is 0.828. The Balaban J connectivity index is 1.20. The zero-order valence-electron chi connectivity index (χ0n) is 28.1. The van der Waals surface area contributed by atoms with Gasteiger partial charge in [-0.15, -0.1) is 0 Å². The zero-order valence-corrected chi connectivity index (χ0v) is 28.1. The molecule has 0 saturated carbocycles. The molecular weight excluding hydrogens is 633 g/mol. The average Bonchev–Trinajstić information content (AvgIpc) is 3.76. The molecule has 0 radical (unpaired) electrons. The van der Waals surface area contributed by atoms with Crippen LogP contribution >= 0.6 is 0 Å². The van der Waals surface area contributed by atoms with Crippen molar-refractivity contribution < 1.29 is 8.83 Å². The molecule has 52 heavy (non-hydrogen) atoms. The molecular formula is C50H30O2. The molecule has 2 nitrogen and oxygen atoms in total. The second kappa shape index (κ2) is 11.3. The lowest BCUT2D eigenvalue weighted by atomic mass is 9.81. The summed E-state index contributed by atoms with van der Waals surface area (Å²) < 4.78 is 12.8. The van der Waals surface area contributed by atoms with Crippen LogP contribution in [0.1, 0.15) is 0 Å². The van der Waals surface area contributed by atoms with Gasteiger partial charge in [-0.05, 0) is 90.3 Å². The normalized spacial score (nSPS) is 11.8.